The zero-order chi connectivity index (χ0) is 11.9. The van der Waals surface area contributed by atoms with Gasteiger partial charge in [0.2, 0.25) is 0 Å². The normalized spacial score (nSPS) is 31.6. The molecule has 1 aliphatic carbocycles. The van der Waals surface area contributed by atoms with Crippen LogP contribution in [0.4, 0.5) is 0 Å². The highest BCUT2D eigenvalue weighted by molar-refractivity contribution is 4.69. The lowest BCUT2D eigenvalue weighted by atomic mass is 9.84. The molecule has 0 aromatic carbocycles. The predicted octanol–water partition coefficient (Wildman–Crippen LogP) is -0.566. The number of morpholine rings is 1. The molecule has 0 atom stereocenters. The Labute approximate surface area is 106 Å². The fourth-order valence-corrected chi connectivity index (χ4v) is 3.27. The Morgan fingerprint density at radius 3 is 2.47 bits per heavy atom. The van der Waals surface area contributed by atoms with E-state index in [1.54, 1.807) is 4.90 Å². The summed E-state index contributed by atoms with van der Waals surface area (Å²) in [5.41, 5.74) is 0. The van der Waals surface area contributed by atoms with E-state index in [0.29, 0.717) is 0 Å². The smallest absolute Gasteiger partial charge is 0.127 e. The van der Waals surface area contributed by atoms with Crippen molar-refractivity contribution >= 4 is 0 Å². The molecular formula is C14H30N2O+2. The summed E-state index contributed by atoms with van der Waals surface area (Å²) in [6, 6.07) is 0.929. The SMILES string of the molecule is CCC1CCC([NH2+]CC[NH+]2CCOCC2)CC1. The maximum absolute atomic E-state index is 5.39. The topological polar surface area (TPSA) is 30.3 Å². The third kappa shape index (κ3) is 4.57. The van der Waals surface area contributed by atoms with Gasteiger partial charge in [-0.25, -0.2) is 0 Å². The second kappa shape index (κ2) is 7.34. The molecule has 3 N–H and O–H groups in total. The van der Waals surface area contributed by atoms with Gasteiger partial charge in [0.1, 0.15) is 26.2 Å². The van der Waals surface area contributed by atoms with Gasteiger partial charge in [-0.1, -0.05) is 13.3 Å². The number of ether oxygens (including phenoxy) is 1. The van der Waals surface area contributed by atoms with Crippen LogP contribution in [0.15, 0.2) is 0 Å². The highest BCUT2D eigenvalue weighted by atomic mass is 16.5. The van der Waals surface area contributed by atoms with Crippen LogP contribution in [-0.2, 0) is 4.74 Å². The Balaban J connectivity index is 1.53. The predicted molar refractivity (Wildman–Crippen MR) is 69.2 cm³/mol. The van der Waals surface area contributed by atoms with E-state index in [9.17, 15) is 0 Å². The number of hydrogen-bond donors (Lipinski definition) is 2. The zero-order valence-electron chi connectivity index (χ0n) is 11.4. The van der Waals surface area contributed by atoms with E-state index in [4.69, 9.17) is 4.74 Å². The molecule has 1 saturated carbocycles. The summed E-state index contributed by atoms with van der Waals surface area (Å²) in [6.45, 7) is 9.37. The summed E-state index contributed by atoms with van der Waals surface area (Å²) in [5, 5.41) is 2.62. The van der Waals surface area contributed by atoms with E-state index in [-0.39, 0.29) is 0 Å². The maximum Gasteiger partial charge on any atom is 0.127 e. The van der Waals surface area contributed by atoms with Crippen LogP contribution in [-0.4, -0.2) is 45.4 Å². The van der Waals surface area contributed by atoms with Gasteiger partial charge in [-0.3, -0.25) is 0 Å². The van der Waals surface area contributed by atoms with Crippen LogP contribution in [0.3, 0.4) is 0 Å². The number of quaternary nitrogens is 2. The van der Waals surface area contributed by atoms with Crippen LogP contribution in [0, 0.1) is 5.92 Å². The minimum atomic E-state index is 0.929. The van der Waals surface area contributed by atoms with Crippen LogP contribution in [0.25, 0.3) is 0 Å². The van der Waals surface area contributed by atoms with E-state index in [1.165, 1.54) is 58.3 Å². The van der Waals surface area contributed by atoms with Gasteiger partial charge in [0.15, 0.2) is 0 Å². The van der Waals surface area contributed by atoms with Crippen molar-refractivity contribution < 1.29 is 15.0 Å². The van der Waals surface area contributed by atoms with Crippen LogP contribution < -0.4 is 10.2 Å². The van der Waals surface area contributed by atoms with E-state index >= 15 is 0 Å². The highest BCUT2D eigenvalue weighted by Crippen LogP contribution is 2.24. The molecule has 0 aromatic heterocycles. The Morgan fingerprint density at radius 1 is 1.12 bits per heavy atom. The van der Waals surface area contributed by atoms with Crippen LogP contribution in [0.1, 0.15) is 39.0 Å². The van der Waals surface area contributed by atoms with Crippen molar-refractivity contribution in [3.05, 3.63) is 0 Å². The first-order valence-electron chi connectivity index (χ1n) is 7.63. The Kier molecular flexibility index (Phi) is 5.75. The minimum Gasteiger partial charge on any atom is -0.370 e. The number of rotatable bonds is 5. The van der Waals surface area contributed by atoms with Crippen LogP contribution >= 0.6 is 0 Å². The molecule has 0 amide bonds. The van der Waals surface area contributed by atoms with Crippen molar-refractivity contribution in [2.45, 2.75) is 45.1 Å². The molecule has 0 radical (unpaired) electrons. The first-order valence-corrected chi connectivity index (χ1v) is 7.63. The Hall–Kier alpha value is -0.120. The molecule has 100 valence electrons. The molecule has 3 nitrogen and oxygen atoms in total. The molecule has 1 saturated heterocycles. The van der Waals surface area contributed by atoms with Crippen LogP contribution in [0.2, 0.25) is 0 Å². The second-order valence-electron chi connectivity index (χ2n) is 5.83. The molecule has 1 aliphatic heterocycles. The summed E-state index contributed by atoms with van der Waals surface area (Å²) in [5.74, 6) is 1.03. The average Bonchev–Trinajstić information content (AvgIpc) is 2.41. The lowest BCUT2D eigenvalue weighted by Crippen LogP contribution is -3.16. The largest absolute Gasteiger partial charge is 0.370 e. The molecule has 3 heteroatoms. The zero-order valence-corrected chi connectivity index (χ0v) is 11.4. The molecule has 0 spiro atoms. The Bertz CT molecular complexity index is 196. The minimum absolute atomic E-state index is 0.929. The average molecular weight is 242 g/mol. The quantitative estimate of drug-likeness (QED) is 0.665. The lowest BCUT2D eigenvalue weighted by Gasteiger charge is -2.27. The highest BCUT2D eigenvalue weighted by Gasteiger charge is 2.22. The molecule has 2 fully saturated rings. The summed E-state index contributed by atoms with van der Waals surface area (Å²) in [6.07, 6.45) is 7.25. The maximum atomic E-state index is 5.39. The lowest BCUT2D eigenvalue weighted by molar-refractivity contribution is -0.921. The standard InChI is InChI=1S/C14H28N2O/c1-2-13-3-5-14(6-4-13)15-7-8-16-9-11-17-12-10-16/h13-15H,2-12H2,1H3/p+2. The van der Waals surface area contributed by atoms with Gasteiger partial charge in [0.05, 0.1) is 19.3 Å². The molecule has 17 heavy (non-hydrogen) atoms. The van der Waals surface area contributed by atoms with Gasteiger partial charge >= 0.3 is 0 Å². The van der Waals surface area contributed by atoms with Gasteiger partial charge < -0.3 is 15.0 Å². The number of nitrogens with one attached hydrogen (secondary N) is 1. The molecule has 0 unspecified atom stereocenters. The second-order valence-corrected chi connectivity index (χ2v) is 5.83. The monoisotopic (exact) mass is 242 g/mol. The van der Waals surface area contributed by atoms with E-state index in [2.05, 4.69) is 12.2 Å². The molecule has 1 heterocycles. The summed E-state index contributed by atoms with van der Waals surface area (Å²) >= 11 is 0. The summed E-state index contributed by atoms with van der Waals surface area (Å²) in [7, 11) is 0. The third-order valence-corrected chi connectivity index (χ3v) is 4.67. The van der Waals surface area contributed by atoms with Crippen molar-refractivity contribution in [3.8, 4) is 0 Å². The number of nitrogens with two attached hydrogens (primary N) is 1. The molecule has 0 aromatic rings. The van der Waals surface area contributed by atoms with Crippen molar-refractivity contribution in [1.82, 2.24) is 0 Å². The van der Waals surface area contributed by atoms with E-state index in [1.807, 2.05) is 0 Å². The van der Waals surface area contributed by atoms with Crippen LogP contribution in [0.5, 0.6) is 0 Å². The molecular weight excluding hydrogens is 212 g/mol. The van der Waals surface area contributed by atoms with Gasteiger partial charge in [-0.2, -0.15) is 0 Å². The van der Waals surface area contributed by atoms with E-state index in [0.717, 1.165) is 25.2 Å². The van der Waals surface area contributed by atoms with Crippen molar-refractivity contribution in [1.29, 1.82) is 0 Å². The first-order chi connectivity index (χ1) is 8.38. The van der Waals surface area contributed by atoms with Crippen molar-refractivity contribution in [2.75, 3.05) is 39.4 Å². The fourth-order valence-electron chi connectivity index (χ4n) is 3.27. The summed E-state index contributed by atoms with van der Waals surface area (Å²) in [4.78, 5) is 1.75. The third-order valence-electron chi connectivity index (χ3n) is 4.67. The Morgan fingerprint density at radius 2 is 1.82 bits per heavy atom. The number of hydrogen-bond acceptors (Lipinski definition) is 1. The summed E-state index contributed by atoms with van der Waals surface area (Å²) < 4.78 is 5.39. The van der Waals surface area contributed by atoms with Gasteiger partial charge in [-0.15, -0.1) is 0 Å². The van der Waals surface area contributed by atoms with Crippen molar-refractivity contribution in [2.24, 2.45) is 5.92 Å². The van der Waals surface area contributed by atoms with E-state index < -0.39 is 0 Å². The molecule has 0 bridgehead atoms. The van der Waals surface area contributed by atoms with Gasteiger partial charge in [-0.05, 0) is 31.6 Å². The molecule has 2 rings (SSSR count). The molecule has 2 aliphatic rings. The van der Waals surface area contributed by atoms with Gasteiger partial charge in [0, 0.05) is 0 Å². The first kappa shape index (κ1) is 13.3. The van der Waals surface area contributed by atoms with Gasteiger partial charge in [0.25, 0.3) is 0 Å². The fraction of sp³-hybridized carbons (Fsp3) is 1.00. The van der Waals surface area contributed by atoms with Crippen molar-refractivity contribution in [3.63, 3.8) is 0 Å².